The van der Waals surface area contributed by atoms with Gasteiger partial charge in [0.2, 0.25) is 5.91 Å². The maximum absolute atomic E-state index is 12.6. The highest BCUT2D eigenvalue weighted by molar-refractivity contribution is 5.95. The first-order valence-electron chi connectivity index (χ1n) is 9.95. The molecule has 2 amide bonds. The molecule has 1 aromatic heterocycles. The van der Waals surface area contributed by atoms with E-state index >= 15 is 0 Å². The Kier molecular flexibility index (Phi) is 6.87. The monoisotopic (exact) mass is 383 g/mol. The standard InChI is InChI=1S/C22H29N3O3/c1-16(2)20(24-21(26)19-6-5-13-28-19)22(27)23-14-17-7-9-18(10-8-17)15-25-11-3-4-12-25/h5-10,13,16,20H,3-4,11-12,14-15H2,1-2H3,(H,23,27)(H,24,26)/t20-/m1/s1. The number of rotatable bonds is 8. The Morgan fingerprint density at radius 2 is 1.75 bits per heavy atom. The van der Waals surface area contributed by atoms with Crippen molar-refractivity contribution < 1.29 is 14.0 Å². The van der Waals surface area contributed by atoms with Crippen molar-refractivity contribution in [3.63, 3.8) is 0 Å². The van der Waals surface area contributed by atoms with Crippen LogP contribution in [0.25, 0.3) is 0 Å². The first kappa shape index (κ1) is 20.1. The van der Waals surface area contributed by atoms with Gasteiger partial charge in [0.15, 0.2) is 5.76 Å². The molecule has 3 rings (SSSR count). The summed E-state index contributed by atoms with van der Waals surface area (Å²) in [6.45, 7) is 7.58. The van der Waals surface area contributed by atoms with Crippen LogP contribution >= 0.6 is 0 Å². The fourth-order valence-electron chi connectivity index (χ4n) is 3.42. The van der Waals surface area contributed by atoms with Gasteiger partial charge < -0.3 is 15.1 Å². The molecule has 0 bridgehead atoms. The summed E-state index contributed by atoms with van der Waals surface area (Å²) in [5.74, 6) is -0.421. The molecule has 0 aliphatic carbocycles. The number of nitrogens with one attached hydrogen (secondary N) is 2. The summed E-state index contributed by atoms with van der Waals surface area (Å²) in [7, 11) is 0. The van der Waals surface area contributed by atoms with Gasteiger partial charge in [0.05, 0.1) is 6.26 Å². The van der Waals surface area contributed by atoms with Gasteiger partial charge in [-0.05, 0) is 55.1 Å². The Morgan fingerprint density at radius 1 is 1.07 bits per heavy atom. The quantitative estimate of drug-likeness (QED) is 0.735. The van der Waals surface area contributed by atoms with E-state index in [0.717, 1.165) is 12.1 Å². The molecular weight excluding hydrogens is 354 g/mol. The van der Waals surface area contributed by atoms with Crippen LogP contribution in [-0.2, 0) is 17.9 Å². The molecule has 0 spiro atoms. The largest absolute Gasteiger partial charge is 0.459 e. The van der Waals surface area contributed by atoms with E-state index in [-0.39, 0.29) is 23.5 Å². The van der Waals surface area contributed by atoms with E-state index in [4.69, 9.17) is 4.42 Å². The third kappa shape index (κ3) is 5.45. The molecule has 28 heavy (non-hydrogen) atoms. The number of hydrogen-bond donors (Lipinski definition) is 2. The fraction of sp³-hybridized carbons (Fsp3) is 0.455. The molecule has 1 aromatic carbocycles. The number of carbonyl (C=O) groups is 2. The first-order valence-corrected chi connectivity index (χ1v) is 9.95. The van der Waals surface area contributed by atoms with Crippen LogP contribution in [0.3, 0.4) is 0 Å². The van der Waals surface area contributed by atoms with Gasteiger partial charge in [-0.15, -0.1) is 0 Å². The number of hydrogen-bond acceptors (Lipinski definition) is 4. The van der Waals surface area contributed by atoms with E-state index in [1.807, 2.05) is 13.8 Å². The lowest BCUT2D eigenvalue weighted by molar-refractivity contribution is -0.124. The summed E-state index contributed by atoms with van der Waals surface area (Å²) in [6.07, 6.45) is 4.02. The SMILES string of the molecule is CC(C)[C@@H](NC(=O)c1ccco1)C(=O)NCc1ccc(CN2CCCC2)cc1. The lowest BCUT2D eigenvalue weighted by atomic mass is 10.0. The second-order valence-corrected chi connectivity index (χ2v) is 7.69. The highest BCUT2D eigenvalue weighted by Crippen LogP contribution is 2.13. The highest BCUT2D eigenvalue weighted by atomic mass is 16.3. The first-order chi connectivity index (χ1) is 13.5. The van der Waals surface area contributed by atoms with Crippen LogP contribution in [-0.4, -0.2) is 35.8 Å². The van der Waals surface area contributed by atoms with Crippen molar-refractivity contribution in [1.82, 2.24) is 15.5 Å². The van der Waals surface area contributed by atoms with E-state index < -0.39 is 6.04 Å². The minimum atomic E-state index is -0.618. The van der Waals surface area contributed by atoms with Gasteiger partial charge in [0, 0.05) is 13.1 Å². The normalized spacial score (nSPS) is 15.5. The summed E-state index contributed by atoms with van der Waals surface area (Å²) in [4.78, 5) is 27.3. The van der Waals surface area contributed by atoms with Gasteiger partial charge in [-0.2, -0.15) is 0 Å². The van der Waals surface area contributed by atoms with Crippen molar-refractivity contribution in [3.8, 4) is 0 Å². The molecule has 2 aromatic rings. The van der Waals surface area contributed by atoms with E-state index in [1.165, 1.54) is 37.8 Å². The third-order valence-corrected chi connectivity index (χ3v) is 5.08. The summed E-state index contributed by atoms with van der Waals surface area (Å²) < 4.78 is 5.10. The molecule has 2 heterocycles. The number of amides is 2. The Labute approximate surface area is 166 Å². The molecule has 0 saturated carbocycles. The lowest BCUT2D eigenvalue weighted by Crippen LogP contribution is -2.49. The zero-order valence-electron chi connectivity index (χ0n) is 16.6. The third-order valence-electron chi connectivity index (χ3n) is 5.08. The van der Waals surface area contributed by atoms with Crippen LogP contribution in [0.2, 0.25) is 0 Å². The molecule has 2 N–H and O–H groups in total. The van der Waals surface area contributed by atoms with Crippen molar-refractivity contribution in [2.24, 2.45) is 5.92 Å². The zero-order chi connectivity index (χ0) is 19.9. The van der Waals surface area contributed by atoms with Gasteiger partial charge in [0.1, 0.15) is 6.04 Å². The van der Waals surface area contributed by atoms with Crippen LogP contribution in [0.15, 0.2) is 47.1 Å². The van der Waals surface area contributed by atoms with Crippen molar-refractivity contribution in [2.75, 3.05) is 13.1 Å². The van der Waals surface area contributed by atoms with Crippen molar-refractivity contribution in [1.29, 1.82) is 0 Å². The van der Waals surface area contributed by atoms with Crippen LogP contribution < -0.4 is 10.6 Å². The fourth-order valence-corrected chi connectivity index (χ4v) is 3.42. The molecular formula is C22H29N3O3. The molecule has 6 heteroatoms. The lowest BCUT2D eigenvalue weighted by Gasteiger charge is -2.21. The van der Waals surface area contributed by atoms with Gasteiger partial charge in [-0.25, -0.2) is 0 Å². The maximum Gasteiger partial charge on any atom is 0.287 e. The van der Waals surface area contributed by atoms with Gasteiger partial charge >= 0.3 is 0 Å². The second-order valence-electron chi connectivity index (χ2n) is 7.69. The number of likely N-dealkylation sites (tertiary alicyclic amines) is 1. The number of nitrogens with zero attached hydrogens (tertiary/aromatic N) is 1. The van der Waals surface area contributed by atoms with E-state index in [2.05, 4.69) is 39.8 Å². The van der Waals surface area contributed by atoms with Crippen LogP contribution in [0.4, 0.5) is 0 Å². The van der Waals surface area contributed by atoms with Crippen LogP contribution in [0.5, 0.6) is 0 Å². The summed E-state index contributed by atoms with van der Waals surface area (Å²) in [5.41, 5.74) is 2.33. The topological polar surface area (TPSA) is 74.6 Å². The predicted molar refractivity (Wildman–Crippen MR) is 108 cm³/mol. The molecule has 0 unspecified atom stereocenters. The summed E-state index contributed by atoms with van der Waals surface area (Å²) in [6, 6.07) is 11.0. The molecule has 1 saturated heterocycles. The number of furan rings is 1. The Balaban J connectivity index is 1.51. The van der Waals surface area contributed by atoms with Crippen molar-refractivity contribution in [3.05, 3.63) is 59.5 Å². The molecule has 1 atom stereocenters. The van der Waals surface area contributed by atoms with E-state index in [0.29, 0.717) is 6.54 Å². The van der Waals surface area contributed by atoms with Gasteiger partial charge in [-0.3, -0.25) is 14.5 Å². The van der Waals surface area contributed by atoms with Crippen LogP contribution in [0.1, 0.15) is 48.4 Å². The molecule has 150 valence electrons. The second kappa shape index (κ2) is 9.55. The number of benzene rings is 1. The number of carbonyl (C=O) groups excluding carboxylic acids is 2. The highest BCUT2D eigenvalue weighted by Gasteiger charge is 2.25. The summed E-state index contributed by atoms with van der Waals surface area (Å²) >= 11 is 0. The van der Waals surface area contributed by atoms with E-state index in [9.17, 15) is 9.59 Å². The molecule has 1 aliphatic rings. The minimum absolute atomic E-state index is 0.0400. The zero-order valence-corrected chi connectivity index (χ0v) is 16.6. The molecule has 1 fully saturated rings. The Hall–Kier alpha value is -2.60. The van der Waals surface area contributed by atoms with Gasteiger partial charge in [-0.1, -0.05) is 38.1 Å². The van der Waals surface area contributed by atoms with Gasteiger partial charge in [0.25, 0.3) is 5.91 Å². The molecule has 6 nitrogen and oxygen atoms in total. The van der Waals surface area contributed by atoms with E-state index in [1.54, 1.807) is 12.1 Å². The molecule has 0 radical (unpaired) electrons. The Morgan fingerprint density at radius 3 is 2.36 bits per heavy atom. The molecule has 1 aliphatic heterocycles. The van der Waals surface area contributed by atoms with Crippen molar-refractivity contribution >= 4 is 11.8 Å². The maximum atomic E-state index is 12.6. The smallest absolute Gasteiger partial charge is 0.287 e. The average Bonchev–Trinajstić information content (AvgIpc) is 3.39. The predicted octanol–water partition coefficient (Wildman–Crippen LogP) is 2.95. The minimum Gasteiger partial charge on any atom is -0.459 e. The summed E-state index contributed by atoms with van der Waals surface area (Å²) in [5, 5.41) is 5.68. The van der Waals surface area contributed by atoms with Crippen LogP contribution in [0, 0.1) is 5.92 Å². The average molecular weight is 383 g/mol. The van der Waals surface area contributed by atoms with Crippen molar-refractivity contribution in [2.45, 2.75) is 45.8 Å². The Bertz CT molecular complexity index is 763.